The molecule has 3 atom stereocenters. The highest BCUT2D eigenvalue weighted by atomic mass is 35.5. The summed E-state index contributed by atoms with van der Waals surface area (Å²) in [6.45, 7) is 6.00. The summed E-state index contributed by atoms with van der Waals surface area (Å²) in [6, 6.07) is 22.7. The van der Waals surface area contributed by atoms with Crippen LogP contribution >= 0.6 is 11.6 Å². The Kier molecular flexibility index (Phi) is 11.1. The van der Waals surface area contributed by atoms with Crippen molar-refractivity contribution in [2.75, 3.05) is 6.54 Å². The van der Waals surface area contributed by atoms with Crippen molar-refractivity contribution in [3.05, 3.63) is 117 Å². The van der Waals surface area contributed by atoms with Gasteiger partial charge in [0.05, 0.1) is 6.04 Å². The fraction of sp³-hybridized carbons (Fsp3) is 0.355. The van der Waals surface area contributed by atoms with Crippen LogP contribution in [-0.4, -0.2) is 30.5 Å². The molecule has 3 N–H and O–H groups in total. The highest BCUT2D eigenvalue weighted by Crippen LogP contribution is 2.44. The molecule has 40 heavy (non-hydrogen) atoms. The van der Waals surface area contributed by atoms with E-state index >= 15 is 0 Å². The number of nitrogens with two attached hydrogens (primary N) is 1. The summed E-state index contributed by atoms with van der Waals surface area (Å²) in [5, 5.41) is 6.75. The smallest absolute Gasteiger partial charge is 0.330 e. The third kappa shape index (κ3) is 7.42. The first-order chi connectivity index (χ1) is 19.2. The van der Waals surface area contributed by atoms with Crippen LogP contribution < -0.4 is 11.1 Å². The summed E-state index contributed by atoms with van der Waals surface area (Å²) in [5.74, 6) is -1.34. The molecular weight excluding hydrogens is 526 g/mol. The minimum Gasteiger partial charge on any atom is -0.443 e. The third-order valence-electron chi connectivity index (χ3n) is 6.79. The molecule has 210 valence electrons. The second-order valence-corrected chi connectivity index (χ2v) is 10.5. The molecule has 0 radical (unpaired) electrons. The van der Waals surface area contributed by atoms with Crippen molar-refractivity contribution in [3.8, 4) is 0 Å². The van der Waals surface area contributed by atoms with E-state index in [9.17, 15) is 9.59 Å². The predicted octanol–water partition coefficient (Wildman–Crippen LogP) is 6.43. The Hall–Kier alpha value is -3.84. The number of hydrogen-bond donors (Lipinski definition) is 2. The van der Waals surface area contributed by atoms with Crippen LogP contribution in [0.25, 0.3) is 10.4 Å². The van der Waals surface area contributed by atoms with Crippen molar-refractivity contribution in [2.45, 2.75) is 57.7 Å². The zero-order valence-corrected chi connectivity index (χ0v) is 23.8. The number of aryl methyl sites for hydroxylation is 1. The second-order valence-electron chi connectivity index (χ2n) is 10.1. The number of benzene rings is 3. The van der Waals surface area contributed by atoms with Gasteiger partial charge in [0, 0.05) is 33.2 Å². The molecule has 0 aliphatic rings. The molecule has 0 aliphatic heterocycles. The molecule has 0 saturated carbocycles. The molecule has 0 aromatic heterocycles. The maximum Gasteiger partial charge on any atom is 0.330 e. The fourth-order valence-corrected chi connectivity index (χ4v) is 4.82. The van der Waals surface area contributed by atoms with E-state index in [1.165, 1.54) is 0 Å². The Labute approximate surface area is 240 Å². The van der Waals surface area contributed by atoms with Crippen molar-refractivity contribution in [1.82, 2.24) is 5.32 Å². The molecule has 3 aromatic rings. The number of halogens is 1. The number of nitrogens with zero attached hydrogens (tertiary/aromatic N) is 3. The van der Waals surface area contributed by atoms with Crippen LogP contribution in [0.4, 0.5) is 0 Å². The molecule has 3 aromatic carbocycles. The molecule has 1 amide bonds. The van der Waals surface area contributed by atoms with Gasteiger partial charge in [-0.1, -0.05) is 115 Å². The lowest BCUT2D eigenvalue weighted by atomic mass is 9.79. The highest BCUT2D eigenvalue weighted by Gasteiger charge is 2.44. The molecule has 8 nitrogen and oxygen atoms in total. The number of azide groups is 1. The van der Waals surface area contributed by atoms with Gasteiger partial charge in [0.1, 0.15) is 6.04 Å². The van der Waals surface area contributed by atoms with Crippen molar-refractivity contribution < 1.29 is 14.3 Å². The summed E-state index contributed by atoms with van der Waals surface area (Å²) in [4.78, 5) is 29.7. The van der Waals surface area contributed by atoms with Gasteiger partial charge in [0.2, 0.25) is 5.91 Å². The predicted molar refractivity (Wildman–Crippen MR) is 158 cm³/mol. The fourth-order valence-electron chi connectivity index (χ4n) is 4.55. The number of unbranched alkanes of at least 4 members (excludes halogenated alkanes) is 1. The first-order valence-corrected chi connectivity index (χ1v) is 13.8. The van der Waals surface area contributed by atoms with Crippen molar-refractivity contribution in [1.29, 1.82) is 0 Å². The number of ether oxygens (including phenoxy) is 1. The van der Waals surface area contributed by atoms with Crippen molar-refractivity contribution in [2.24, 2.45) is 16.8 Å². The minimum atomic E-state index is -1.38. The quantitative estimate of drug-likeness (QED) is 0.0621. The van der Waals surface area contributed by atoms with Crippen molar-refractivity contribution >= 4 is 23.5 Å². The van der Waals surface area contributed by atoms with Crippen LogP contribution in [-0.2, 0) is 19.9 Å². The number of nitrogens with one attached hydrogen (secondary N) is 1. The summed E-state index contributed by atoms with van der Waals surface area (Å²) in [6.07, 6.45) is 1.62. The SMILES string of the molecule is Cc1ccc(C(OC(=O)[C@H](NC(=O)[C@@H](N)CCCCN=[N+]=[N-])C(C)C)(c2ccccc2)c2ccccc2Cl)cc1. The number of hydrogen-bond acceptors (Lipinski definition) is 5. The van der Waals surface area contributed by atoms with Crippen LogP contribution in [0.3, 0.4) is 0 Å². The Balaban J connectivity index is 2.00. The molecule has 0 aliphatic carbocycles. The van der Waals surface area contributed by atoms with E-state index in [0.717, 1.165) is 11.1 Å². The zero-order chi connectivity index (χ0) is 29.1. The zero-order valence-electron chi connectivity index (χ0n) is 23.1. The van der Waals surface area contributed by atoms with E-state index in [1.54, 1.807) is 6.07 Å². The molecular formula is C31H36ClN5O3. The Bertz CT molecular complexity index is 1330. The maximum absolute atomic E-state index is 14.0. The maximum atomic E-state index is 14.0. The van der Waals surface area contributed by atoms with Crippen LogP contribution in [0.15, 0.2) is 84.0 Å². The Morgan fingerprint density at radius 3 is 2.25 bits per heavy atom. The largest absolute Gasteiger partial charge is 0.443 e. The van der Waals surface area contributed by atoms with E-state index < -0.39 is 29.6 Å². The van der Waals surface area contributed by atoms with Crippen LogP contribution in [0.1, 0.15) is 55.4 Å². The first kappa shape index (κ1) is 30.7. The molecule has 0 saturated heterocycles. The van der Waals surface area contributed by atoms with Gasteiger partial charge < -0.3 is 15.8 Å². The van der Waals surface area contributed by atoms with Crippen LogP contribution in [0.5, 0.6) is 0 Å². The third-order valence-corrected chi connectivity index (χ3v) is 7.12. The van der Waals surface area contributed by atoms with Gasteiger partial charge in [-0.05, 0) is 37.3 Å². The standard InChI is InChI=1S/C31H36ClN5O3/c1-21(2)28(36-29(38)27(33)15-9-10-20-35-37-34)30(39)40-31(23-11-5-4-6-12-23,24-18-16-22(3)17-19-24)25-13-7-8-14-26(25)32/h4-8,11-14,16-19,21,27-28H,9-10,15,20,33H2,1-3H3,(H,36,38)/t27-,28+,31?/m0/s1. The number of carbonyl (C=O) groups is 2. The lowest BCUT2D eigenvalue weighted by molar-refractivity contribution is -0.158. The average Bonchev–Trinajstić information content (AvgIpc) is 2.95. The van der Waals surface area contributed by atoms with E-state index in [-0.39, 0.29) is 5.92 Å². The van der Waals surface area contributed by atoms with Gasteiger partial charge in [0.15, 0.2) is 5.60 Å². The second kappa shape index (κ2) is 14.5. The molecule has 0 spiro atoms. The number of rotatable bonds is 13. The molecule has 1 unspecified atom stereocenters. The van der Waals surface area contributed by atoms with Gasteiger partial charge in [-0.3, -0.25) is 4.79 Å². The Morgan fingerprint density at radius 2 is 1.62 bits per heavy atom. The first-order valence-electron chi connectivity index (χ1n) is 13.4. The molecule has 9 heteroatoms. The molecule has 0 fully saturated rings. The van der Waals surface area contributed by atoms with Gasteiger partial charge in [-0.25, -0.2) is 4.79 Å². The van der Waals surface area contributed by atoms with Crippen LogP contribution in [0.2, 0.25) is 5.02 Å². The van der Waals surface area contributed by atoms with Gasteiger partial charge >= 0.3 is 5.97 Å². The molecule has 0 heterocycles. The summed E-state index contributed by atoms with van der Waals surface area (Å²) in [7, 11) is 0. The van der Waals surface area contributed by atoms with Crippen molar-refractivity contribution in [3.63, 3.8) is 0 Å². The summed E-state index contributed by atoms with van der Waals surface area (Å²) >= 11 is 6.77. The number of carbonyl (C=O) groups excluding carboxylic acids is 2. The highest BCUT2D eigenvalue weighted by molar-refractivity contribution is 6.31. The van der Waals surface area contributed by atoms with E-state index in [2.05, 4.69) is 15.3 Å². The number of esters is 1. The summed E-state index contributed by atoms with van der Waals surface area (Å²) in [5.41, 5.74) is 16.2. The van der Waals surface area contributed by atoms with E-state index in [1.807, 2.05) is 93.6 Å². The molecule has 0 bridgehead atoms. The van der Waals surface area contributed by atoms with Gasteiger partial charge in [-0.2, -0.15) is 0 Å². The lowest BCUT2D eigenvalue weighted by Crippen LogP contribution is -2.52. The topological polar surface area (TPSA) is 130 Å². The lowest BCUT2D eigenvalue weighted by Gasteiger charge is -2.37. The monoisotopic (exact) mass is 561 g/mol. The van der Waals surface area contributed by atoms with Gasteiger partial charge in [0.25, 0.3) is 0 Å². The van der Waals surface area contributed by atoms with E-state index in [4.69, 9.17) is 27.6 Å². The van der Waals surface area contributed by atoms with Crippen LogP contribution in [0, 0.1) is 12.8 Å². The molecule has 3 rings (SSSR count). The summed E-state index contributed by atoms with van der Waals surface area (Å²) < 4.78 is 6.52. The number of amides is 1. The van der Waals surface area contributed by atoms with E-state index in [0.29, 0.717) is 42.0 Å². The Morgan fingerprint density at radius 1 is 1.00 bits per heavy atom. The normalized spacial score (nSPS) is 13.9. The average molecular weight is 562 g/mol. The van der Waals surface area contributed by atoms with Gasteiger partial charge in [-0.15, -0.1) is 0 Å². The minimum absolute atomic E-state index is 0.286.